The van der Waals surface area contributed by atoms with Gasteiger partial charge in [-0.25, -0.2) is 0 Å². The standard InChI is InChI=1S/C20H42N4O2/c1-4-5-15-25-17-18-26-16-12-23-20(21-3)22-11-7-9-14-24-13-8-6-10-19(24)2/h19H,4-18H2,1-3H3,(H2,21,22,23). The summed E-state index contributed by atoms with van der Waals surface area (Å²) in [6.07, 6.45) is 8.85. The first-order valence-corrected chi connectivity index (χ1v) is 10.6. The summed E-state index contributed by atoms with van der Waals surface area (Å²) >= 11 is 0. The van der Waals surface area contributed by atoms with E-state index in [2.05, 4.69) is 34.4 Å². The maximum absolute atomic E-state index is 5.55. The second kappa shape index (κ2) is 16.3. The van der Waals surface area contributed by atoms with Gasteiger partial charge in [0.25, 0.3) is 0 Å². The van der Waals surface area contributed by atoms with Crippen LogP contribution in [0.4, 0.5) is 0 Å². The van der Waals surface area contributed by atoms with Crippen molar-refractivity contribution in [2.24, 2.45) is 4.99 Å². The molecule has 1 rings (SSSR count). The van der Waals surface area contributed by atoms with Gasteiger partial charge >= 0.3 is 0 Å². The molecule has 0 aromatic heterocycles. The Hall–Kier alpha value is -0.850. The first kappa shape index (κ1) is 23.2. The summed E-state index contributed by atoms with van der Waals surface area (Å²) in [5, 5.41) is 6.67. The minimum atomic E-state index is 0.659. The van der Waals surface area contributed by atoms with Gasteiger partial charge in [-0.2, -0.15) is 0 Å². The maximum atomic E-state index is 5.55. The second-order valence-electron chi connectivity index (χ2n) is 7.09. The molecule has 0 aliphatic carbocycles. The number of hydrogen-bond acceptors (Lipinski definition) is 4. The highest BCUT2D eigenvalue weighted by atomic mass is 16.5. The SMILES string of the molecule is CCCCOCCOCCNC(=NC)NCCCCN1CCCCC1C. The number of ether oxygens (including phenoxy) is 2. The Morgan fingerprint density at radius 3 is 2.50 bits per heavy atom. The molecule has 1 aliphatic heterocycles. The highest BCUT2D eigenvalue weighted by Gasteiger charge is 2.16. The number of nitrogens with zero attached hydrogens (tertiary/aromatic N) is 2. The lowest BCUT2D eigenvalue weighted by Crippen LogP contribution is -2.40. The Kier molecular flexibility index (Phi) is 14.6. The van der Waals surface area contributed by atoms with Crippen molar-refractivity contribution < 1.29 is 9.47 Å². The van der Waals surface area contributed by atoms with Crippen LogP contribution >= 0.6 is 0 Å². The average molecular weight is 371 g/mol. The minimum Gasteiger partial charge on any atom is -0.379 e. The van der Waals surface area contributed by atoms with Crippen molar-refractivity contribution in [3.8, 4) is 0 Å². The summed E-state index contributed by atoms with van der Waals surface area (Å²) in [5.74, 6) is 0.860. The Morgan fingerprint density at radius 2 is 1.77 bits per heavy atom. The molecule has 0 aromatic carbocycles. The third kappa shape index (κ3) is 11.7. The second-order valence-corrected chi connectivity index (χ2v) is 7.09. The Morgan fingerprint density at radius 1 is 1.00 bits per heavy atom. The van der Waals surface area contributed by atoms with E-state index in [0.717, 1.165) is 38.1 Å². The largest absolute Gasteiger partial charge is 0.379 e. The van der Waals surface area contributed by atoms with E-state index in [1.807, 2.05) is 7.05 Å². The molecule has 0 amide bonds. The smallest absolute Gasteiger partial charge is 0.191 e. The van der Waals surface area contributed by atoms with E-state index in [0.29, 0.717) is 19.8 Å². The number of likely N-dealkylation sites (tertiary alicyclic amines) is 1. The van der Waals surface area contributed by atoms with Crippen LogP contribution in [-0.2, 0) is 9.47 Å². The molecule has 1 unspecified atom stereocenters. The zero-order valence-corrected chi connectivity index (χ0v) is 17.4. The van der Waals surface area contributed by atoms with Crippen molar-refractivity contribution in [1.29, 1.82) is 0 Å². The number of rotatable bonds is 14. The first-order valence-electron chi connectivity index (χ1n) is 10.6. The van der Waals surface area contributed by atoms with Gasteiger partial charge in [0.2, 0.25) is 0 Å². The monoisotopic (exact) mass is 370 g/mol. The number of hydrogen-bond donors (Lipinski definition) is 2. The van der Waals surface area contributed by atoms with Gasteiger partial charge < -0.3 is 25.0 Å². The van der Waals surface area contributed by atoms with Crippen LogP contribution in [0.5, 0.6) is 0 Å². The molecule has 1 atom stereocenters. The predicted octanol–water partition coefficient (Wildman–Crippen LogP) is 2.64. The molecule has 1 heterocycles. The Bertz CT molecular complexity index is 353. The lowest BCUT2D eigenvalue weighted by atomic mass is 10.0. The van der Waals surface area contributed by atoms with Gasteiger partial charge in [-0.05, 0) is 52.1 Å². The van der Waals surface area contributed by atoms with Gasteiger partial charge in [-0.15, -0.1) is 0 Å². The summed E-state index contributed by atoms with van der Waals surface area (Å²) < 4.78 is 11.0. The van der Waals surface area contributed by atoms with E-state index in [9.17, 15) is 0 Å². The highest BCUT2D eigenvalue weighted by Crippen LogP contribution is 2.16. The van der Waals surface area contributed by atoms with E-state index < -0.39 is 0 Å². The molecule has 1 saturated heterocycles. The van der Waals surface area contributed by atoms with Crippen LogP contribution in [0.3, 0.4) is 0 Å². The van der Waals surface area contributed by atoms with Gasteiger partial charge in [0.1, 0.15) is 0 Å². The molecule has 0 bridgehead atoms. The molecule has 1 aliphatic rings. The summed E-state index contributed by atoms with van der Waals surface area (Å²) in [6, 6.07) is 0.767. The number of aliphatic imine (C=N–C) groups is 1. The highest BCUT2D eigenvalue weighted by molar-refractivity contribution is 5.79. The van der Waals surface area contributed by atoms with Gasteiger partial charge in [0, 0.05) is 32.8 Å². The van der Waals surface area contributed by atoms with Crippen LogP contribution < -0.4 is 10.6 Å². The molecule has 6 nitrogen and oxygen atoms in total. The van der Waals surface area contributed by atoms with E-state index in [4.69, 9.17) is 9.47 Å². The average Bonchev–Trinajstić information content (AvgIpc) is 2.66. The van der Waals surface area contributed by atoms with Crippen LogP contribution in [0.25, 0.3) is 0 Å². The minimum absolute atomic E-state index is 0.659. The van der Waals surface area contributed by atoms with E-state index in [-0.39, 0.29) is 0 Å². The normalized spacial score (nSPS) is 18.9. The lowest BCUT2D eigenvalue weighted by molar-refractivity contribution is 0.0487. The van der Waals surface area contributed by atoms with Gasteiger partial charge in [0.05, 0.1) is 19.8 Å². The third-order valence-electron chi connectivity index (χ3n) is 4.88. The summed E-state index contributed by atoms with van der Waals surface area (Å²) in [4.78, 5) is 6.90. The third-order valence-corrected chi connectivity index (χ3v) is 4.88. The van der Waals surface area contributed by atoms with Gasteiger partial charge in [-0.1, -0.05) is 19.8 Å². The van der Waals surface area contributed by atoms with Crippen LogP contribution in [0, 0.1) is 0 Å². The summed E-state index contributed by atoms with van der Waals surface area (Å²) in [5.41, 5.74) is 0. The number of guanidine groups is 1. The Labute approximate surface area is 161 Å². The molecule has 2 N–H and O–H groups in total. The topological polar surface area (TPSA) is 58.1 Å². The number of unbranched alkanes of at least 4 members (excludes halogenated alkanes) is 2. The fraction of sp³-hybridized carbons (Fsp3) is 0.950. The first-order chi connectivity index (χ1) is 12.8. The van der Waals surface area contributed by atoms with Crippen LogP contribution in [0.15, 0.2) is 4.99 Å². The quantitative estimate of drug-likeness (QED) is 0.280. The Balaban J connectivity index is 1.92. The van der Waals surface area contributed by atoms with Crippen LogP contribution in [0.1, 0.15) is 58.8 Å². The fourth-order valence-electron chi connectivity index (χ4n) is 3.17. The van der Waals surface area contributed by atoms with Crippen LogP contribution in [0.2, 0.25) is 0 Å². The molecular formula is C20H42N4O2. The van der Waals surface area contributed by atoms with Crippen molar-refractivity contribution in [2.45, 2.75) is 64.8 Å². The van der Waals surface area contributed by atoms with Crippen LogP contribution in [-0.4, -0.2) is 76.6 Å². The van der Waals surface area contributed by atoms with Gasteiger partial charge in [0.15, 0.2) is 5.96 Å². The summed E-state index contributed by atoms with van der Waals surface area (Å²) in [6.45, 7) is 11.6. The maximum Gasteiger partial charge on any atom is 0.191 e. The van der Waals surface area contributed by atoms with Crippen molar-refractivity contribution in [3.63, 3.8) is 0 Å². The van der Waals surface area contributed by atoms with E-state index in [1.165, 1.54) is 51.6 Å². The molecule has 0 saturated carbocycles. The molecule has 6 heteroatoms. The molecule has 1 fully saturated rings. The van der Waals surface area contributed by atoms with E-state index in [1.54, 1.807) is 0 Å². The fourth-order valence-corrected chi connectivity index (χ4v) is 3.17. The van der Waals surface area contributed by atoms with Crippen molar-refractivity contribution in [3.05, 3.63) is 0 Å². The predicted molar refractivity (Wildman–Crippen MR) is 110 cm³/mol. The van der Waals surface area contributed by atoms with Crippen molar-refractivity contribution in [2.75, 3.05) is 59.7 Å². The summed E-state index contributed by atoms with van der Waals surface area (Å²) in [7, 11) is 1.81. The van der Waals surface area contributed by atoms with Crippen molar-refractivity contribution >= 4 is 5.96 Å². The molecule has 0 aromatic rings. The zero-order valence-electron chi connectivity index (χ0n) is 17.4. The molecule has 154 valence electrons. The number of nitrogens with one attached hydrogen (secondary N) is 2. The lowest BCUT2D eigenvalue weighted by Gasteiger charge is -2.33. The molecule has 0 spiro atoms. The number of piperidine rings is 1. The van der Waals surface area contributed by atoms with Crippen molar-refractivity contribution in [1.82, 2.24) is 15.5 Å². The zero-order chi connectivity index (χ0) is 18.9. The van der Waals surface area contributed by atoms with E-state index >= 15 is 0 Å². The molecule has 26 heavy (non-hydrogen) atoms. The van der Waals surface area contributed by atoms with Gasteiger partial charge in [-0.3, -0.25) is 4.99 Å². The molecule has 0 radical (unpaired) electrons. The molecular weight excluding hydrogens is 328 g/mol.